The highest BCUT2D eigenvalue weighted by Crippen LogP contribution is 2.26. The second-order valence-corrected chi connectivity index (χ2v) is 5.99. The Balaban J connectivity index is 1.84. The van der Waals surface area contributed by atoms with E-state index in [0.717, 1.165) is 17.7 Å². The molecule has 1 heterocycles. The van der Waals surface area contributed by atoms with Crippen LogP contribution in [-0.4, -0.2) is 29.8 Å². The van der Waals surface area contributed by atoms with Crippen LogP contribution in [0, 0.1) is 11.6 Å². The third kappa shape index (κ3) is 4.02. The molecule has 0 spiro atoms. The quantitative estimate of drug-likeness (QED) is 0.930. The van der Waals surface area contributed by atoms with Gasteiger partial charge in [0.05, 0.1) is 18.9 Å². The summed E-state index contributed by atoms with van der Waals surface area (Å²) in [5, 5.41) is 2.77. The first kappa shape index (κ1) is 17.1. The standard InChI is InChI=1S/C19H18F2N2O2/c20-15-7-6-13(10-16(15)21)11-19(25)23-9-8-22-18(24)12-17(23)14-4-2-1-3-5-14/h1-7,10,17H,8-9,11-12H2,(H,22,24)/t17-/m0/s1. The SMILES string of the molecule is O=C1C[C@@H](c2ccccc2)N(C(=O)Cc2ccc(F)c(F)c2)CCN1. The summed E-state index contributed by atoms with van der Waals surface area (Å²) in [4.78, 5) is 26.3. The van der Waals surface area contributed by atoms with Gasteiger partial charge in [-0.2, -0.15) is 0 Å². The zero-order valence-electron chi connectivity index (χ0n) is 13.5. The second-order valence-electron chi connectivity index (χ2n) is 5.99. The van der Waals surface area contributed by atoms with Gasteiger partial charge >= 0.3 is 0 Å². The van der Waals surface area contributed by atoms with Crippen molar-refractivity contribution in [1.29, 1.82) is 0 Å². The predicted molar refractivity (Wildman–Crippen MR) is 88.6 cm³/mol. The number of nitrogens with one attached hydrogen (secondary N) is 1. The molecule has 25 heavy (non-hydrogen) atoms. The molecule has 1 aliphatic heterocycles. The molecule has 1 fully saturated rings. The van der Waals surface area contributed by atoms with E-state index in [1.807, 2.05) is 30.3 Å². The van der Waals surface area contributed by atoms with Crippen LogP contribution in [0.2, 0.25) is 0 Å². The maximum absolute atomic E-state index is 13.4. The summed E-state index contributed by atoms with van der Waals surface area (Å²) in [5.74, 6) is -2.26. The normalized spacial score (nSPS) is 17.8. The maximum Gasteiger partial charge on any atom is 0.227 e. The molecule has 0 radical (unpaired) electrons. The highest BCUT2D eigenvalue weighted by Gasteiger charge is 2.29. The maximum atomic E-state index is 13.4. The lowest BCUT2D eigenvalue weighted by atomic mass is 10.0. The summed E-state index contributed by atoms with van der Waals surface area (Å²) in [7, 11) is 0. The lowest BCUT2D eigenvalue weighted by Crippen LogP contribution is -2.37. The molecule has 1 aliphatic rings. The van der Waals surface area contributed by atoms with Crippen molar-refractivity contribution in [3.05, 3.63) is 71.3 Å². The van der Waals surface area contributed by atoms with Gasteiger partial charge in [-0.3, -0.25) is 9.59 Å². The Hall–Kier alpha value is -2.76. The van der Waals surface area contributed by atoms with Crippen LogP contribution in [0.5, 0.6) is 0 Å². The first-order valence-corrected chi connectivity index (χ1v) is 8.09. The number of halogens is 2. The average molecular weight is 344 g/mol. The van der Waals surface area contributed by atoms with Crippen LogP contribution in [0.1, 0.15) is 23.6 Å². The fourth-order valence-electron chi connectivity index (χ4n) is 3.03. The van der Waals surface area contributed by atoms with Crippen LogP contribution in [0.4, 0.5) is 8.78 Å². The Morgan fingerprint density at radius 2 is 1.88 bits per heavy atom. The van der Waals surface area contributed by atoms with Gasteiger partial charge in [-0.1, -0.05) is 36.4 Å². The van der Waals surface area contributed by atoms with E-state index >= 15 is 0 Å². The minimum atomic E-state index is -0.974. The lowest BCUT2D eigenvalue weighted by Gasteiger charge is -2.29. The Bertz CT molecular complexity index is 780. The van der Waals surface area contributed by atoms with Crippen molar-refractivity contribution in [3.63, 3.8) is 0 Å². The average Bonchev–Trinajstić information content (AvgIpc) is 2.80. The molecule has 1 saturated heterocycles. The topological polar surface area (TPSA) is 49.4 Å². The monoisotopic (exact) mass is 344 g/mol. The molecular formula is C19H18F2N2O2. The van der Waals surface area contributed by atoms with E-state index in [2.05, 4.69) is 5.32 Å². The molecule has 2 aromatic carbocycles. The molecule has 2 aromatic rings. The number of hydrogen-bond acceptors (Lipinski definition) is 2. The van der Waals surface area contributed by atoms with Gasteiger partial charge in [0.1, 0.15) is 0 Å². The summed E-state index contributed by atoms with van der Waals surface area (Å²) in [6.07, 6.45) is 0.127. The largest absolute Gasteiger partial charge is 0.354 e. The molecule has 1 N–H and O–H groups in total. The lowest BCUT2D eigenvalue weighted by molar-refractivity contribution is -0.133. The van der Waals surface area contributed by atoms with Crippen molar-refractivity contribution < 1.29 is 18.4 Å². The van der Waals surface area contributed by atoms with Crippen molar-refractivity contribution in [3.8, 4) is 0 Å². The molecule has 2 amide bonds. The van der Waals surface area contributed by atoms with Gasteiger partial charge in [-0.05, 0) is 23.3 Å². The zero-order valence-corrected chi connectivity index (χ0v) is 13.5. The molecule has 0 unspecified atom stereocenters. The molecule has 0 bridgehead atoms. The van der Waals surface area contributed by atoms with Crippen LogP contribution in [0.15, 0.2) is 48.5 Å². The van der Waals surface area contributed by atoms with E-state index in [4.69, 9.17) is 0 Å². The number of rotatable bonds is 3. The van der Waals surface area contributed by atoms with Gasteiger partial charge in [0, 0.05) is 13.1 Å². The van der Waals surface area contributed by atoms with Crippen LogP contribution in [-0.2, 0) is 16.0 Å². The smallest absolute Gasteiger partial charge is 0.227 e. The van der Waals surface area contributed by atoms with Crippen molar-refractivity contribution >= 4 is 11.8 Å². The van der Waals surface area contributed by atoms with E-state index in [1.54, 1.807) is 4.90 Å². The Labute approximate surface area is 144 Å². The molecule has 1 atom stereocenters. The zero-order chi connectivity index (χ0) is 17.8. The van der Waals surface area contributed by atoms with Gasteiger partial charge in [0.2, 0.25) is 11.8 Å². The highest BCUT2D eigenvalue weighted by molar-refractivity contribution is 5.82. The van der Waals surface area contributed by atoms with Crippen molar-refractivity contribution in [2.75, 3.05) is 13.1 Å². The molecule has 6 heteroatoms. The first-order chi connectivity index (χ1) is 12.0. The van der Waals surface area contributed by atoms with Gasteiger partial charge in [0.15, 0.2) is 11.6 Å². The van der Waals surface area contributed by atoms with E-state index in [9.17, 15) is 18.4 Å². The molecule has 3 rings (SSSR count). The third-order valence-electron chi connectivity index (χ3n) is 4.27. The van der Waals surface area contributed by atoms with Crippen molar-refractivity contribution in [2.24, 2.45) is 0 Å². The molecular weight excluding hydrogens is 326 g/mol. The number of amides is 2. The molecule has 4 nitrogen and oxygen atoms in total. The van der Waals surface area contributed by atoms with Crippen LogP contribution in [0.25, 0.3) is 0 Å². The Morgan fingerprint density at radius 3 is 2.60 bits per heavy atom. The van der Waals surface area contributed by atoms with Gasteiger partial charge in [-0.15, -0.1) is 0 Å². The number of nitrogens with zero attached hydrogens (tertiary/aromatic N) is 1. The fraction of sp³-hybridized carbons (Fsp3) is 0.263. The molecule has 0 saturated carbocycles. The van der Waals surface area contributed by atoms with Crippen LogP contribution in [0.3, 0.4) is 0 Å². The summed E-state index contributed by atoms with van der Waals surface area (Å²) in [5.41, 5.74) is 1.28. The Kier molecular flexibility index (Phi) is 5.07. The van der Waals surface area contributed by atoms with E-state index < -0.39 is 11.6 Å². The summed E-state index contributed by atoms with van der Waals surface area (Å²) >= 11 is 0. The highest BCUT2D eigenvalue weighted by atomic mass is 19.2. The van der Waals surface area contributed by atoms with E-state index in [-0.39, 0.29) is 30.7 Å². The van der Waals surface area contributed by atoms with Gasteiger partial charge in [-0.25, -0.2) is 8.78 Å². The predicted octanol–water partition coefficient (Wildman–Crippen LogP) is 2.60. The third-order valence-corrected chi connectivity index (χ3v) is 4.27. The van der Waals surface area contributed by atoms with Gasteiger partial charge < -0.3 is 10.2 Å². The Morgan fingerprint density at radius 1 is 1.12 bits per heavy atom. The van der Waals surface area contributed by atoms with Crippen molar-refractivity contribution in [2.45, 2.75) is 18.9 Å². The molecule has 0 aliphatic carbocycles. The summed E-state index contributed by atoms with van der Waals surface area (Å²) in [6.45, 7) is 0.736. The van der Waals surface area contributed by atoms with E-state index in [1.165, 1.54) is 6.07 Å². The summed E-state index contributed by atoms with van der Waals surface area (Å²) in [6, 6.07) is 12.4. The van der Waals surface area contributed by atoms with Crippen molar-refractivity contribution in [1.82, 2.24) is 10.2 Å². The van der Waals surface area contributed by atoms with Crippen LogP contribution >= 0.6 is 0 Å². The number of carbonyl (C=O) groups excluding carboxylic acids is 2. The molecule has 130 valence electrons. The number of carbonyl (C=O) groups is 2. The fourth-order valence-corrected chi connectivity index (χ4v) is 3.03. The minimum Gasteiger partial charge on any atom is -0.354 e. The number of hydrogen-bond donors (Lipinski definition) is 1. The minimum absolute atomic E-state index is 0.0469. The number of benzene rings is 2. The van der Waals surface area contributed by atoms with E-state index in [0.29, 0.717) is 18.7 Å². The molecule has 0 aromatic heterocycles. The second kappa shape index (κ2) is 7.42. The van der Waals surface area contributed by atoms with Crippen LogP contribution < -0.4 is 5.32 Å². The van der Waals surface area contributed by atoms with Gasteiger partial charge in [0.25, 0.3) is 0 Å². The first-order valence-electron chi connectivity index (χ1n) is 8.09. The summed E-state index contributed by atoms with van der Waals surface area (Å²) < 4.78 is 26.4.